The molecule has 7 heteroatoms. The number of likely N-dealkylation sites (N-methyl/N-ethyl adjacent to an activating group) is 1. The molecule has 0 aromatic carbocycles. The number of thioether (sulfide) groups is 1. The van der Waals surface area contributed by atoms with Crippen LogP contribution in [0.25, 0.3) is 0 Å². The van der Waals surface area contributed by atoms with Crippen LogP contribution >= 0.6 is 23.1 Å². The molecule has 1 aliphatic heterocycles. The number of nitrogens with zero attached hydrogens (tertiary/aromatic N) is 1. The highest BCUT2D eigenvalue weighted by atomic mass is 32.2. The number of thiophene rings is 1. The minimum absolute atomic E-state index is 0.113. The molecule has 0 saturated heterocycles. The lowest BCUT2D eigenvalue weighted by molar-refractivity contribution is -0.119. The third-order valence-corrected chi connectivity index (χ3v) is 6.03. The minimum atomic E-state index is -0.580. The maximum atomic E-state index is 12.6. The van der Waals surface area contributed by atoms with Crippen LogP contribution < -0.4 is 10.2 Å². The van der Waals surface area contributed by atoms with Gasteiger partial charge in [-0.05, 0) is 40.2 Å². The molecule has 0 radical (unpaired) electrons. The lowest BCUT2D eigenvalue weighted by Crippen LogP contribution is -2.49. The number of anilines is 1. The van der Waals surface area contributed by atoms with Gasteiger partial charge in [0.15, 0.2) is 0 Å². The summed E-state index contributed by atoms with van der Waals surface area (Å²) < 4.78 is 5.24. The lowest BCUT2D eigenvalue weighted by atomic mass is 10.2. The van der Waals surface area contributed by atoms with Crippen LogP contribution in [0.4, 0.5) is 9.80 Å². The standard InChI is InChI=1S/C15H22N2O3S2/c1-8-9(2)22-13-11(8)21-7-10(12(18)17(13)6)16-14(19)20-15(3,4)5/h10H,7H2,1-6H3,(H,16,19)/t10-/m0/s1. The van der Waals surface area contributed by atoms with Crippen LogP contribution in [-0.4, -0.2) is 36.4 Å². The molecule has 2 rings (SSSR count). The van der Waals surface area contributed by atoms with E-state index in [0.29, 0.717) is 5.75 Å². The van der Waals surface area contributed by atoms with Crippen molar-refractivity contribution in [1.82, 2.24) is 5.32 Å². The van der Waals surface area contributed by atoms with E-state index in [4.69, 9.17) is 4.74 Å². The Morgan fingerprint density at radius 2 is 2.00 bits per heavy atom. The van der Waals surface area contributed by atoms with Gasteiger partial charge in [0.1, 0.15) is 16.6 Å². The molecule has 1 aliphatic rings. The Balaban J connectivity index is 2.15. The molecule has 0 bridgehead atoms. The van der Waals surface area contributed by atoms with E-state index in [2.05, 4.69) is 19.2 Å². The predicted octanol–water partition coefficient (Wildman–Crippen LogP) is 3.33. The molecule has 1 aromatic heterocycles. The van der Waals surface area contributed by atoms with E-state index in [1.54, 1.807) is 55.8 Å². The molecule has 2 heterocycles. The number of alkyl carbamates (subject to hydrolysis) is 1. The van der Waals surface area contributed by atoms with E-state index in [-0.39, 0.29) is 5.91 Å². The Labute approximate surface area is 139 Å². The number of hydrogen-bond donors (Lipinski definition) is 1. The summed E-state index contributed by atoms with van der Waals surface area (Å²) in [6.45, 7) is 9.52. The van der Waals surface area contributed by atoms with Crippen LogP contribution in [0.15, 0.2) is 4.90 Å². The molecule has 0 aliphatic carbocycles. The monoisotopic (exact) mass is 342 g/mol. The topological polar surface area (TPSA) is 58.6 Å². The molecule has 5 nitrogen and oxygen atoms in total. The Morgan fingerprint density at radius 1 is 1.36 bits per heavy atom. The zero-order valence-corrected chi connectivity index (χ0v) is 15.4. The molecule has 1 N–H and O–H groups in total. The van der Waals surface area contributed by atoms with E-state index in [1.807, 2.05) is 0 Å². The fourth-order valence-corrected chi connectivity index (χ4v) is 4.68. The zero-order valence-electron chi connectivity index (χ0n) is 13.8. The Morgan fingerprint density at radius 3 is 2.59 bits per heavy atom. The quantitative estimate of drug-likeness (QED) is 0.850. The fraction of sp³-hybridized carbons (Fsp3) is 0.600. The van der Waals surface area contributed by atoms with Gasteiger partial charge < -0.3 is 15.0 Å². The van der Waals surface area contributed by atoms with Crippen LogP contribution in [0.1, 0.15) is 31.2 Å². The SMILES string of the molecule is Cc1sc2c(c1C)SC[C@H](NC(=O)OC(C)(C)C)C(=O)N2C. The number of fused-ring (bicyclic) bond motifs is 1. The third kappa shape index (κ3) is 3.57. The van der Waals surface area contributed by atoms with Gasteiger partial charge in [-0.2, -0.15) is 0 Å². The summed E-state index contributed by atoms with van der Waals surface area (Å²) in [4.78, 5) is 28.5. The highest BCUT2D eigenvalue weighted by Gasteiger charge is 2.33. The van der Waals surface area contributed by atoms with Gasteiger partial charge in [-0.3, -0.25) is 4.79 Å². The highest BCUT2D eigenvalue weighted by molar-refractivity contribution is 7.99. The second-order valence-electron chi connectivity index (χ2n) is 6.32. The summed E-state index contributed by atoms with van der Waals surface area (Å²) in [5, 5.41) is 3.64. The number of aryl methyl sites for hydroxylation is 1. The largest absolute Gasteiger partial charge is 0.444 e. The van der Waals surface area contributed by atoms with Crippen molar-refractivity contribution in [3.63, 3.8) is 0 Å². The first-order valence-electron chi connectivity index (χ1n) is 7.10. The van der Waals surface area contributed by atoms with Gasteiger partial charge in [-0.1, -0.05) is 0 Å². The second kappa shape index (κ2) is 6.12. The van der Waals surface area contributed by atoms with Gasteiger partial charge in [0.2, 0.25) is 0 Å². The number of carbonyl (C=O) groups is 2. The van der Waals surface area contributed by atoms with Crippen molar-refractivity contribution in [2.24, 2.45) is 0 Å². The summed E-state index contributed by atoms with van der Waals surface area (Å²) in [7, 11) is 1.76. The molecule has 0 unspecified atom stereocenters. The van der Waals surface area contributed by atoms with E-state index >= 15 is 0 Å². The number of nitrogens with one attached hydrogen (secondary N) is 1. The Bertz CT molecular complexity index is 605. The average Bonchev–Trinajstić information content (AvgIpc) is 2.61. The summed E-state index contributed by atoms with van der Waals surface area (Å²) in [6.07, 6.45) is -0.557. The molecule has 1 atom stereocenters. The van der Waals surface area contributed by atoms with Gasteiger partial charge in [-0.25, -0.2) is 4.79 Å². The maximum Gasteiger partial charge on any atom is 0.408 e. The van der Waals surface area contributed by atoms with Crippen LogP contribution in [0.3, 0.4) is 0 Å². The molecular formula is C15H22N2O3S2. The van der Waals surface area contributed by atoms with Gasteiger partial charge in [0, 0.05) is 22.6 Å². The first-order valence-corrected chi connectivity index (χ1v) is 8.90. The van der Waals surface area contributed by atoms with E-state index in [0.717, 1.165) is 9.90 Å². The van der Waals surface area contributed by atoms with Gasteiger partial charge in [-0.15, -0.1) is 23.1 Å². The molecule has 2 amide bonds. The number of ether oxygens (including phenoxy) is 1. The molecule has 1 aromatic rings. The van der Waals surface area contributed by atoms with Crippen LogP contribution in [0.5, 0.6) is 0 Å². The first kappa shape index (κ1) is 17.1. The zero-order chi connectivity index (χ0) is 16.7. The summed E-state index contributed by atoms with van der Waals surface area (Å²) in [5.74, 6) is 0.394. The Kier molecular flexibility index (Phi) is 4.77. The molecule has 0 fully saturated rings. The average molecular weight is 342 g/mol. The van der Waals surface area contributed by atoms with E-state index in [9.17, 15) is 9.59 Å². The first-order chi connectivity index (χ1) is 10.1. The van der Waals surface area contributed by atoms with Gasteiger partial charge in [0.05, 0.1) is 0 Å². The Hall–Kier alpha value is -1.21. The smallest absolute Gasteiger partial charge is 0.408 e. The number of carbonyl (C=O) groups excluding carboxylic acids is 2. The van der Waals surface area contributed by atoms with Crippen LogP contribution in [0, 0.1) is 13.8 Å². The normalized spacial score (nSPS) is 18.7. The predicted molar refractivity (Wildman–Crippen MR) is 91.1 cm³/mol. The van der Waals surface area contributed by atoms with E-state index < -0.39 is 17.7 Å². The van der Waals surface area contributed by atoms with E-state index in [1.165, 1.54) is 10.4 Å². The van der Waals surface area contributed by atoms with Crippen molar-refractivity contribution < 1.29 is 14.3 Å². The number of amides is 2. The van der Waals surface area contributed by atoms with Gasteiger partial charge in [0.25, 0.3) is 5.91 Å². The third-order valence-electron chi connectivity index (χ3n) is 3.33. The minimum Gasteiger partial charge on any atom is -0.444 e. The summed E-state index contributed by atoms with van der Waals surface area (Å²) in [5.41, 5.74) is 0.631. The second-order valence-corrected chi connectivity index (χ2v) is 8.56. The highest BCUT2D eigenvalue weighted by Crippen LogP contribution is 2.43. The van der Waals surface area contributed by atoms with Crippen LogP contribution in [-0.2, 0) is 9.53 Å². The maximum absolute atomic E-state index is 12.6. The summed E-state index contributed by atoms with van der Waals surface area (Å²) in [6, 6.07) is -0.579. The van der Waals surface area contributed by atoms with Crippen molar-refractivity contribution in [3.05, 3.63) is 10.4 Å². The lowest BCUT2D eigenvalue weighted by Gasteiger charge is -2.24. The molecule has 22 heavy (non-hydrogen) atoms. The van der Waals surface area contributed by atoms with Crippen molar-refractivity contribution in [2.75, 3.05) is 17.7 Å². The van der Waals surface area contributed by atoms with Gasteiger partial charge >= 0.3 is 6.09 Å². The van der Waals surface area contributed by atoms with Crippen LogP contribution in [0.2, 0.25) is 0 Å². The summed E-state index contributed by atoms with van der Waals surface area (Å²) >= 11 is 3.22. The number of hydrogen-bond acceptors (Lipinski definition) is 5. The fourth-order valence-electron chi connectivity index (χ4n) is 2.10. The van der Waals surface area contributed by atoms with Crippen molar-refractivity contribution >= 4 is 40.1 Å². The van der Waals surface area contributed by atoms with Crippen molar-refractivity contribution in [3.8, 4) is 0 Å². The molecule has 122 valence electrons. The molecule has 0 saturated carbocycles. The van der Waals surface area contributed by atoms with Crippen molar-refractivity contribution in [2.45, 2.75) is 51.2 Å². The molecular weight excluding hydrogens is 320 g/mol. The number of rotatable bonds is 1. The molecule has 0 spiro atoms. The van der Waals surface area contributed by atoms with Crippen molar-refractivity contribution in [1.29, 1.82) is 0 Å².